The fourth-order valence-electron chi connectivity index (χ4n) is 6.20. The lowest BCUT2D eigenvalue weighted by atomic mass is 9.67. The Morgan fingerprint density at radius 1 is 1.19 bits per heavy atom. The van der Waals surface area contributed by atoms with Crippen LogP contribution in [0.15, 0.2) is 18.2 Å². The van der Waals surface area contributed by atoms with E-state index in [1.165, 1.54) is 0 Å². The summed E-state index contributed by atoms with van der Waals surface area (Å²) in [6, 6.07) is 5.54. The van der Waals surface area contributed by atoms with Gasteiger partial charge in [-0.1, -0.05) is 29.6 Å². The zero-order valence-electron chi connectivity index (χ0n) is 20.2. The summed E-state index contributed by atoms with van der Waals surface area (Å²) >= 11 is 12.1. The van der Waals surface area contributed by atoms with E-state index in [1.54, 1.807) is 23.1 Å². The second kappa shape index (κ2) is 9.87. The van der Waals surface area contributed by atoms with Gasteiger partial charge in [-0.2, -0.15) is 5.26 Å². The van der Waals surface area contributed by atoms with E-state index < -0.39 is 12.1 Å². The Bertz CT molecular complexity index is 1110. The first-order valence-electron chi connectivity index (χ1n) is 12.8. The van der Waals surface area contributed by atoms with Crippen molar-refractivity contribution >= 4 is 40.8 Å². The molecule has 1 saturated heterocycles. The van der Waals surface area contributed by atoms with E-state index in [1.807, 2.05) is 0 Å². The number of amides is 2. The van der Waals surface area contributed by atoms with Gasteiger partial charge in [-0.3, -0.25) is 14.4 Å². The van der Waals surface area contributed by atoms with Crippen molar-refractivity contribution in [3.05, 3.63) is 28.2 Å². The zero-order chi connectivity index (χ0) is 25.5. The lowest BCUT2D eigenvalue weighted by Gasteiger charge is -2.37. The van der Waals surface area contributed by atoms with Gasteiger partial charge in [0.1, 0.15) is 23.6 Å². The lowest BCUT2D eigenvalue weighted by molar-refractivity contribution is -0.140. The fourth-order valence-corrected chi connectivity index (χ4v) is 6.66. The molecule has 0 unspecified atom stereocenters. The second-order valence-corrected chi connectivity index (χ2v) is 12.1. The molecule has 3 saturated carbocycles. The summed E-state index contributed by atoms with van der Waals surface area (Å²) < 4.78 is 5.65. The van der Waals surface area contributed by atoms with Crippen LogP contribution in [-0.2, 0) is 14.4 Å². The average Bonchev–Trinajstić information content (AvgIpc) is 3.42. The summed E-state index contributed by atoms with van der Waals surface area (Å²) in [5.41, 5.74) is 0.189. The number of ketones is 1. The highest BCUT2D eigenvalue weighted by Gasteiger charge is 2.52. The minimum Gasteiger partial charge on any atom is -0.482 e. The zero-order valence-corrected chi connectivity index (χ0v) is 21.7. The molecular weight excluding hydrogens is 501 g/mol. The summed E-state index contributed by atoms with van der Waals surface area (Å²) in [6.45, 7) is 0.253. The minimum absolute atomic E-state index is 0.0460. The van der Waals surface area contributed by atoms with E-state index >= 15 is 0 Å². The van der Waals surface area contributed by atoms with Crippen LogP contribution >= 0.6 is 23.2 Å². The lowest BCUT2D eigenvalue weighted by Crippen LogP contribution is -2.50. The van der Waals surface area contributed by atoms with Gasteiger partial charge in [0.05, 0.1) is 11.1 Å². The van der Waals surface area contributed by atoms with Crippen LogP contribution in [0.1, 0.15) is 64.2 Å². The first-order chi connectivity index (χ1) is 17.2. The van der Waals surface area contributed by atoms with Gasteiger partial charge in [-0.15, -0.1) is 0 Å². The van der Waals surface area contributed by atoms with Crippen molar-refractivity contribution in [1.82, 2.24) is 10.2 Å². The van der Waals surface area contributed by atoms with Gasteiger partial charge in [0.25, 0.3) is 5.91 Å². The number of Topliss-reactive ketones (excluding diaryl/α,β-unsaturated/α-hetero) is 1. The molecule has 9 heteroatoms. The predicted molar refractivity (Wildman–Crippen MR) is 135 cm³/mol. The Morgan fingerprint density at radius 2 is 1.97 bits per heavy atom. The van der Waals surface area contributed by atoms with Crippen molar-refractivity contribution < 1.29 is 19.1 Å². The number of nitrogens with zero attached hydrogens (tertiary/aromatic N) is 2. The van der Waals surface area contributed by atoms with Crippen LogP contribution in [0.2, 0.25) is 10.0 Å². The molecule has 3 aliphatic carbocycles. The van der Waals surface area contributed by atoms with Crippen molar-refractivity contribution in [2.24, 2.45) is 16.7 Å². The normalized spacial score (nSPS) is 26.2. The molecule has 0 aromatic heterocycles. The van der Waals surface area contributed by atoms with Crippen molar-refractivity contribution in [2.45, 2.75) is 76.3 Å². The first kappa shape index (κ1) is 25.4. The van der Waals surface area contributed by atoms with Gasteiger partial charge in [-0.25, -0.2) is 0 Å². The van der Waals surface area contributed by atoms with Gasteiger partial charge < -0.3 is 15.0 Å². The van der Waals surface area contributed by atoms with Crippen molar-refractivity contribution in [3.8, 4) is 11.8 Å². The SMILES string of the molecule is N#C[C@H](C[C@@H]1CCC2(CC2)CC1=O)NC(=O)[C@@H]1CC2(CCC2)CN1C(=O)COc1ccc(Cl)cc1Cl. The molecule has 1 aliphatic heterocycles. The third-order valence-electron chi connectivity index (χ3n) is 8.77. The number of benzene rings is 1. The molecule has 7 nitrogen and oxygen atoms in total. The number of hydrogen-bond acceptors (Lipinski definition) is 5. The van der Waals surface area contributed by atoms with Crippen LogP contribution in [-0.4, -0.2) is 47.7 Å². The molecule has 0 bridgehead atoms. The van der Waals surface area contributed by atoms with Gasteiger partial charge in [0.15, 0.2) is 6.61 Å². The molecule has 3 atom stereocenters. The molecular formula is C27H31Cl2N3O4. The van der Waals surface area contributed by atoms with E-state index in [2.05, 4.69) is 11.4 Å². The standard InChI is InChI=1S/C27H31Cl2N3O4/c28-18-2-3-23(20(29)11-18)36-15-24(34)32-16-27(5-1-6-27)12-21(32)25(35)31-19(14-30)10-17-4-7-26(8-9-26)13-22(17)33/h2-3,11,17,19,21H,1,4-10,12-13,15-16H2,(H,31,35)/t17-,19-,21-/m0/s1. The molecule has 36 heavy (non-hydrogen) atoms. The quantitative estimate of drug-likeness (QED) is 0.549. The van der Waals surface area contributed by atoms with E-state index in [-0.39, 0.29) is 41.0 Å². The van der Waals surface area contributed by atoms with Crippen LogP contribution in [0.5, 0.6) is 5.75 Å². The van der Waals surface area contributed by atoms with E-state index in [0.29, 0.717) is 41.6 Å². The number of carbonyl (C=O) groups is 3. The number of hydrogen-bond donors (Lipinski definition) is 1. The van der Waals surface area contributed by atoms with Crippen molar-refractivity contribution in [2.75, 3.05) is 13.2 Å². The Balaban J connectivity index is 1.21. The molecule has 4 aliphatic rings. The summed E-state index contributed by atoms with van der Waals surface area (Å²) in [4.78, 5) is 40.7. The highest BCUT2D eigenvalue weighted by Crippen LogP contribution is 2.56. The fraction of sp³-hybridized carbons (Fsp3) is 0.630. The maximum Gasteiger partial charge on any atom is 0.261 e. The van der Waals surface area contributed by atoms with Crippen molar-refractivity contribution in [1.29, 1.82) is 5.26 Å². The van der Waals surface area contributed by atoms with Crippen LogP contribution in [0.25, 0.3) is 0 Å². The number of ether oxygens (including phenoxy) is 1. The molecule has 1 aromatic rings. The number of halogens is 2. The number of carbonyl (C=O) groups excluding carboxylic acids is 3. The van der Waals surface area contributed by atoms with Crippen LogP contribution in [0.4, 0.5) is 0 Å². The van der Waals surface area contributed by atoms with Crippen LogP contribution < -0.4 is 10.1 Å². The molecule has 4 fully saturated rings. The molecule has 2 spiro atoms. The van der Waals surface area contributed by atoms with E-state index in [0.717, 1.165) is 44.9 Å². The summed E-state index contributed by atoms with van der Waals surface area (Å²) in [5, 5.41) is 13.4. The van der Waals surface area contributed by atoms with Gasteiger partial charge in [0.2, 0.25) is 5.91 Å². The van der Waals surface area contributed by atoms with Crippen LogP contribution in [0.3, 0.4) is 0 Å². The number of nitrogens with one attached hydrogen (secondary N) is 1. The van der Waals surface area contributed by atoms with Gasteiger partial charge in [-0.05, 0) is 80.4 Å². The summed E-state index contributed by atoms with van der Waals surface area (Å²) in [7, 11) is 0. The highest BCUT2D eigenvalue weighted by molar-refractivity contribution is 6.35. The summed E-state index contributed by atoms with van der Waals surface area (Å²) in [6.07, 6.45) is 8.63. The maximum atomic E-state index is 13.3. The van der Waals surface area contributed by atoms with Crippen LogP contribution in [0, 0.1) is 28.1 Å². The predicted octanol–water partition coefficient (Wildman–Crippen LogP) is 4.69. The third kappa shape index (κ3) is 5.21. The van der Waals surface area contributed by atoms with E-state index in [9.17, 15) is 19.6 Å². The third-order valence-corrected chi connectivity index (χ3v) is 9.30. The number of nitriles is 1. The molecule has 2 amide bonds. The largest absolute Gasteiger partial charge is 0.482 e. The highest BCUT2D eigenvalue weighted by atomic mass is 35.5. The molecule has 1 aromatic carbocycles. The van der Waals surface area contributed by atoms with Gasteiger partial charge >= 0.3 is 0 Å². The number of likely N-dealkylation sites (tertiary alicyclic amines) is 1. The monoisotopic (exact) mass is 531 g/mol. The Morgan fingerprint density at radius 3 is 2.58 bits per heavy atom. The second-order valence-electron chi connectivity index (χ2n) is 11.3. The molecule has 5 rings (SSSR count). The van der Waals surface area contributed by atoms with Gasteiger partial charge in [0, 0.05) is 23.9 Å². The Kier molecular flexibility index (Phi) is 6.95. The molecule has 192 valence electrons. The molecule has 0 radical (unpaired) electrons. The van der Waals surface area contributed by atoms with E-state index in [4.69, 9.17) is 27.9 Å². The average molecular weight is 532 g/mol. The Labute approximate surface area is 221 Å². The minimum atomic E-state index is -0.751. The number of rotatable bonds is 7. The smallest absolute Gasteiger partial charge is 0.261 e. The molecule has 1 N–H and O–H groups in total. The first-order valence-corrected chi connectivity index (χ1v) is 13.6. The topological polar surface area (TPSA) is 99.5 Å². The summed E-state index contributed by atoms with van der Waals surface area (Å²) in [5.74, 6) is -0.237. The Hall–Kier alpha value is -2.30. The van der Waals surface area contributed by atoms with Crippen molar-refractivity contribution in [3.63, 3.8) is 0 Å². The maximum absolute atomic E-state index is 13.3. The molecule has 1 heterocycles.